The van der Waals surface area contributed by atoms with Gasteiger partial charge in [-0.25, -0.2) is 0 Å². The molecule has 2 unspecified atom stereocenters. The fraction of sp³-hybridized carbons (Fsp3) is 0.600. The number of rotatable bonds is 1. The summed E-state index contributed by atoms with van der Waals surface area (Å²) in [5.74, 6) is 0.666. The highest BCUT2D eigenvalue weighted by Crippen LogP contribution is 2.56. The van der Waals surface area contributed by atoms with Crippen LogP contribution in [0.4, 0.5) is 0 Å². The van der Waals surface area contributed by atoms with E-state index in [9.17, 15) is 0 Å². The first-order valence-electron chi connectivity index (χ1n) is 4.45. The lowest BCUT2D eigenvalue weighted by molar-refractivity contribution is 0.644. The fourth-order valence-electron chi connectivity index (χ4n) is 1.75. The van der Waals surface area contributed by atoms with Crippen LogP contribution in [0.1, 0.15) is 26.2 Å². The molecule has 2 aliphatic rings. The molecule has 0 aliphatic heterocycles. The molecule has 12 heavy (non-hydrogen) atoms. The maximum atomic E-state index is 9.12. The van der Waals surface area contributed by atoms with Gasteiger partial charge in [0.1, 0.15) is 0 Å². The maximum Gasteiger partial charge on any atom is 0.0700 e. The van der Waals surface area contributed by atoms with E-state index in [4.69, 9.17) is 4.55 Å². The molecule has 0 saturated heterocycles. The Balaban J connectivity index is 2.13. The first-order chi connectivity index (χ1) is 5.77. The van der Waals surface area contributed by atoms with Crippen molar-refractivity contribution in [2.45, 2.75) is 30.9 Å². The van der Waals surface area contributed by atoms with E-state index in [1.54, 1.807) is 0 Å². The van der Waals surface area contributed by atoms with Gasteiger partial charge in [0.05, 0.1) is 4.75 Å². The van der Waals surface area contributed by atoms with E-state index in [0.29, 0.717) is 5.92 Å². The lowest BCUT2D eigenvalue weighted by atomic mass is 10.0. The summed E-state index contributed by atoms with van der Waals surface area (Å²) < 4.78 is 9.21. The van der Waals surface area contributed by atoms with Crippen LogP contribution in [0.3, 0.4) is 0 Å². The molecule has 2 aliphatic carbocycles. The lowest BCUT2D eigenvalue weighted by Gasteiger charge is -2.10. The van der Waals surface area contributed by atoms with Gasteiger partial charge in [-0.1, -0.05) is 30.7 Å². The van der Waals surface area contributed by atoms with Crippen LogP contribution in [0, 0.1) is 5.92 Å². The minimum atomic E-state index is 0.0939. The largest absolute Gasteiger partial charge is 0.329 e. The summed E-state index contributed by atoms with van der Waals surface area (Å²) in [6.07, 6.45) is 10.00. The van der Waals surface area contributed by atoms with Crippen LogP contribution in [0.25, 0.3) is 0 Å². The normalized spacial score (nSPS) is 39.5. The molecule has 1 fully saturated rings. The van der Waals surface area contributed by atoms with E-state index in [1.807, 2.05) is 0 Å². The molecule has 1 nitrogen and oxygen atoms in total. The van der Waals surface area contributed by atoms with Gasteiger partial charge in [-0.15, -0.1) is 0 Å². The third kappa shape index (κ3) is 1.34. The zero-order chi connectivity index (χ0) is 8.60. The minimum absolute atomic E-state index is 0.0939. The Morgan fingerprint density at radius 3 is 3.25 bits per heavy atom. The third-order valence-electron chi connectivity index (χ3n) is 2.76. The minimum Gasteiger partial charge on any atom is -0.329 e. The summed E-state index contributed by atoms with van der Waals surface area (Å²) in [4.78, 5) is 0. The van der Waals surface area contributed by atoms with Gasteiger partial charge in [0.2, 0.25) is 0 Å². The van der Waals surface area contributed by atoms with Gasteiger partial charge >= 0.3 is 0 Å². The van der Waals surface area contributed by atoms with Crippen molar-refractivity contribution in [3.05, 3.63) is 23.8 Å². The zero-order valence-electron chi connectivity index (χ0n) is 7.29. The van der Waals surface area contributed by atoms with E-state index in [2.05, 4.69) is 25.2 Å². The van der Waals surface area contributed by atoms with Crippen molar-refractivity contribution in [2.24, 2.45) is 5.92 Å². The fourth-order valence-corrected chi connectivity index (χ4v) is 2.34. The highest BCUT2D eigenvalue weighted by atomic mass is 32.2. The Morgan fingerprint density at radius 2 is 2.50 bits per heavy atom. The summed E-state index contributed by atoms with van der Waals surface area (Å²) >= 11 is 1.03. The second kappa shape index (κ2) is 2.93. The summed E-state index contributed by atoms with van der Waals surface area (Å²) in [5, 5.41) is 0. The molecule has 2 heteroatoms. The molecular formula is C10H14OS. The molecule has 0 aromatic carbocycles. The summed E-state index contributed by atoms with van der Waals surface area (Å²) in [7, 11) is 0. The predicted octanol–water partition coefficient (Wildman–Crippen LogP) is 3.25. The van der Waals surface area contributed by atoms with Crippen molar-refractivity contribution in [3.8, 4) is 0 Å². The van der Waals surface area contributed by atoms with Crippen molar-refractivity contribution in [2.75, 3.05) is 0 Å². The van der Waals surface area contributed by atoms with E-state index < -0.39 is 0 Å². The SMILES string of the molecule is CC1C=CCC2(SO)CC2=CC1. The molecule has 0 bridgehead atoms. The van der Waals surface area contributed by atoms with Gasteiger partial charge in [-0.05, 0) is 37.2 Å². The second-order valence-corrected chi connectivity index (χ2v) is 4.80. The van der Waals surface area contributed by atoms with Gasteiger partial charge in [0, 0.05) is 0 Å². The first-order valence-corrected chi connectivity index (χ1v) is 5.23. The Labute approximate surface area is 77.8 Å². The number of hydrogen-bond donors (Lipinski definition) is 1. The van der Waals surface area contributed by atoms with Gasteiger partial charge < -0.3 is 4.55 Å². The maximum absolute atomic E-state index is 9.12. The zero-order valence-corrected chi connectivity index (χ0v) is 8.10. The molecule has 0 amide bonds. The van der Waals surface area contributed by atoms with E-state index in [-0.39, 0.29) is 4.75 Å². The van der Waals surface area contributed by atoms with Gasteiger partial charge in [-0.2, -0.15) is 0 Å². The molecule has 0 heterocycles. The van der Waals surface area contributed by atoms with Crippen LogP contribution in [-0.4, -0.2) is 9.30 Å². The Kier molecular flexibility index (Phi) is 2.05. The van der Waals surface area contributed by atoms with Crippen LogP contribution in [0.15, 0.2) is 23.8 Å². The van der Waals surface area contributed by atoms with Crippen molar-refractivity contribution in [1.29, 1.82) is 0 Å². The van der Waals surface area contributed by atoms with Crippen LogP contribution >= 0.6 is 12.0 Å². The van der Waals surface area contributed by atoms with E-state index >= 15 is 0 Å². The smallest absolute Gasteiger partial charge is 0.0700 e. The summed E-state index contributed by atoms with van der Waals surface area (Å²) in [6, 6.07) is 0. The van der Waals surface area contributed by atoms with Crippen LogP contribution < -0.4 is 0 Å². The van der Waals surface area contributed by atoms with E-state index in [0.717, 1.165) is 31.3 Å². The first kappa shape index (κ1) is 8.39. The van der Waals surface area contributed by atoms with Crippen LogP contribution in [-0.2, 0) is 0 Å². The van der Waals surface area contributed by atoms with Crippen LogP contribution in [0.5, 0.6) is 0 Å². The topological polar surface area (TPSA) is 20.2 Å². The molecule has 0 radical (unpaired) electrons. The molecule has 2 rings (SSSR count). The molecule has 0 aromatic rings. The molecule has 2 atom stereocenters. The molecule has 0 aromatic heterocycles. The van der Waals surface area contributed by atoms with Gasteiger partial charge in [-0.3, -0.25) is 0 Å². The van der Waals surface area contributed by atoms with Crippen LogP contribution in [0.2, 0.25) is 0 Å². The van der Waals surface area contributed by atoms with Gasteiger partial charge in [0.15, 0.2) is 0 Å². The van der Waals surface area contributed by atoms with Crippen molar-refractivity contribution < 1.29 is 4.55 Å². The third-order valence-corrected chi connectivity index (χ3v) is 3.68. The quantitative estimate of drug-likeness (QED) is 0.496. The van der Waals surface area contributed by atoms with Gasteiger partial charge in [0.25, 0.3) is 0 Å². The van der Waals surface area contributed by atoms with Crippen molar-refractivity contribution >= 4 is 12.0 Å². The van der Waals surface area contributed by atoms with Crippen molar-refractivity contribution in [3.63, 3.8) is 0 Å². The summed E-state index contributed by atoms with van der Waals surface area (Å²) in [5.41, 5.74) is 1.45. The highest BCUT2D eigenvalue weighted by molar-refractivity contribution is 7.95. The monoisotopic (exact) mass is 182 g/mol. The number of hydrogen-bond acceptors (Lipinski definition) is 2. The standard InChI is InChI=1S/C10H14OS/c1-8-3-2-6-10(12-11)7-9(10)5-4-8/h2-3,5,8,11H,4,6-7H2,1H3. The summed E-state index contributed by atoms with van der Waals surface area (Å²) in [6.45, 7) is 2.23. The molecule has 1 N–H and O–H groups in total. The Morgan fingerprint density at radius 1 is 1.67 bits per heavy atom. The average Bonchev–Trinajstić information content (AvgIpc) is 2.72. The van der Waals surface area contributed by atoms with E-state index in [1.165, 1.54) is 5.57 Å². The Hall–Kier alpha value is -0.210. The molecule has 0 spiro atoms. The molecular weight excluding hydrogens is 168 g/mol. The number of fused-ring (bicyclic) bond motifs is 1. The molecule has 1 saturated carbocycles. The second-order valence-electron chi connectivity index (χ2n) is 3.84. The molecule has 66 valence electrons. The average molecular weight is 182 g/mol. The Bertz CT molecular complexity index is 244. The highest BCUT2D eigenvalue weighted by Gasteiger charge is 2.48. The van der Waals surface area contributed by atoms with Crippen molar-refractivity contribution in [1.82, 2.24) is 0 Å². The predicted molar refractivity (Wildman–Crippen MR) is 53.2 cm³/mol. The number of allylic oxidation sites excluding steroid dienone is 3. The lowest BCUT2D eigenvalue weighted by Crippen LogP contribution is -2.02.